The molecule has 2 heterocycles. The average molecular weight is 561 g/mol. The number of piperidine rings is 1. The number of nitrogens with zero attached hydrogens (tertiary/aromatic N) is 1. The maximum Gasteiger partial charge on any atom is 0.250 e. The van der Waals surface area contributed by atoms with Crippen molar-refractivity contribution in [1.29, 1.82) is 0 Å². The van der Waals surface area contributed by atoms with Crippen LogP contribution in [0.3, 0.4) is 0 Å². The van der Waals surface area contributed by atoms with Gasteiger partial charge in [0.25, 0.3) is 5.91 Å². The van der Waals surface area contributed by atoms with E-state index in [2.05, 4.69) is 16.4 Å². The molecule has 1 fully saturated rings. The van der Waals surface area contributed by atoms with Gasteiger partial charge in [-0.3, -0.25) is 10.1 Å². The van der Waals surface area contributed by atoms with E-state index in [4.69, 9.17) is 5.73 Å². The molecular weight excluding hydrogens is 524 g/mol. The highest BCUT2D eigenvalue weighted by atomic mass is 32.2. The highest BCUT2D eigenvalue weighted by Crippen LogP contribution is 2.37. The number of carbonyl (C=O) groups excluding carboxylic acids is 1. The van der Waals surface area contributed by atoms with E-state index < -0.39 is 32.4 Å². The van der Waals surface area contributed by atoms with Crippen LogP contribution in [0.25, 0.3) is 22.0 Å². The molecule has 1 aromatic heterocycles. The average Bonchev–Trinajstić information content (AvgIpc) is 3.34. The van der Waals surface area contributed by atoms with Gasteiger partial charge < -0.3 is 15.3 Å². The standard InChI is InChI=1S/C27H36N4O5S2/c1-3-6-25(37(33)34)29-16-18-7-5-8-20(13-18)21-14-22-24(17-30-26(22)23(15-21)27(28)32)19-9-11-31(12-10-19)38(35,36)4-2/h5,7-8,13-15,17,19,25,29-30H,3-4,6,9-12,16H2,1-2H3,(H2,28,32)(H,33,34). The zero-order valence-corrected chi connectivity index (χ0v) is 23.4. The van der Waals surface area contributed by atoms with E-state index >= 15 is 0 Å². The van der Waals surface area contributed by atoms with E-state index in [-0.39, 0.29) is 11.7 Å². The van der Waals surface area contributed by atoms with Gasteiger partial charge in [0.15, 0.2) is 11.1 Å². The van der Waals surface area contributed by atoms with Gasteiger partial charge in [0.1, 0.15) is 5.37 Å². The quantitative estimate of drug-likeness (QED) is 0.262. The summed E-state index contributed by atoms with van der Waals surface area (Å²) in [7, 11) is -3.21. The van der Waals surface area contributed by atoms with Crippen molar-refractivity contribution in [3.63, 3.8) is 0 Å². The lowest BCUT2D eigenvalue weighted by Gasteiger charge is -2.31. The molecule has 5 N–H and O–H groups in total. The first-order valence-corrected chi connectivity index (χ1v) is 15.8. The minimum atomic E-state index is -3.21. The molecular formula is C27H36N4O5S2. The molecule has 2 aromatic carbocycles. The topological polar surface area (TPSA) is 146 Å². The fraction of sp³-hybridized carbons (Fsp3) is 0.444. The third-order valence-corrected chi connectivity index (χ3v) is 10.1. The smallest absolute Gasteiger partial charge is 0.250 e. The number of nitrogens with two attached hydrogens (primary N) is 1. The first-order valence-electron chi connectivity index (χ1n) is 13.0. The van der Waals surface area contributed by atoms with Crippen LogP contribution in [0.4, 0.5) is 0 Å². The van der Waals surface area contributed by atoms with Crippen LogP contribution in [-0.4, -0.2) is 56.6 Å². The molecule has 3 aromatic rings. The molecule has 0 spiro atoms. The molecule has 0 saturated carbocycles. The monoisotopic (exact) mass is 560 g/mol. The summed E-state index contributed by atoms with van der Waals surface area (Å²) < 4.78 is 47.3. The second-order valence-electron chi connectivity index (χ2n) is 9.76. The number of amides is 1. The van der Waals surface area contributed by atoms with E-state index in [1.54, 1.807) is 17.3 Å². The normalized spacial score (nSPS) is 17.0. The summed E-state index contributed by atoms with van der Waals surface area (Å²) in [6.07, 6.45) is 4.72. The second-order valence-corrected chi connectivity index (χ2v) is 13.1. The number of aromatic amines is 1. The number of aromatic nitrogens is 1. The lowest BCUT2D eigenvalue weighted by molar-refractivity contribution is 0.100. The predicted molar refractivity (Wildman–Crippen MR) is 152 cm³/mol. The first kappa shape index (κ1) is 28.4. The van der Waals surface area contributed by atoms with Crippen LogP contribution in [0.5, 0.6) is 0 Å². The molecule has 0 bridgehead atoms. The van der Waals surface area contributed by atoms with Crippen LogP contribution in [0.15, 0.2) is 42.6 Å². The lowest BCUT2D eigenvalue weighted by Crippen LogP contribution is -2.38. The lowest BCUT2D eigenvalue weighted by atomic mass is 9.88. The Morgan fingerprint density at radius 1 is 1.21 bits per heavy atom. The van der Waals surface area contributed by atoms with Crippen LogP contribution in [0.2, 0.25) is 0 Å². The number of benzene rings is 2. The Morgan fingerprint density at radius 2 is 1.95 bits per heavy atom. The van der Waals surface area contributed by atoms with Gasteiger partial charge in [-0.1, -0.05) is 31.5 Å². The van der Waals surface area contributed by atoms with Gasteiger partial charge in [-0.05, 0) is 72.6 Å². The third-order valence-electron chi connectivity index (χ3n) is 7.33. The molecule has 1 aliphatic heterocycles. The summed E-state index contributed by atoms with van der Waals surface area (Å²) >= 11 is -1.95. The Hall–Kier alpha value is -2.57. The van der Waals surface area contributed by atoms with Crippen molar-refractivity contribution < 1.29 is 22.0 Å². The van der Waals surface area contributed by atoms with Gasteiger partial charge in [-0.2, -0.15) is 0 Å². The van der Waals surface area contributed by atoms with E-state index in [9.17, 15) is 22.0 Å². The predicted octanol–water partition coefficient (Wildman–Crippen LogP) is 3.90. The fourth-order valence-electron chi connectivity index (χ4n) is 5.21. The van der Waals surface area contributed by atoms with Gasteiger partial charge in [0.2, 0.25) is 10.0 Å². The Kier molecular flexibility index (Phi) is 9.04. The molecule has 1 aliphatic rings. The second kappa shape index (κ2) is 12.1. The molecule has 38 heavy (non-hydrogen) atoms. The molecule has 9 nitrogen and oxygen atoms in total. The molecule has 206 valence electrons. The van der Waals surface area contributed by atoms with Crippen molar-refractivity contribution in [2.45, 2.75) is 57.4 Å². The Morgan fingerprint density at radius 3 is 2.58 bits per heavy atom. The molecule has 1 amide bonds. The summed E-state index contributed by atoms with van der Waals surface area (Å²) in [5, 5.41) is 3.58. The number of nitrogens with one attached hydrogen (secondary N) is 2. The van der Waals surface area contributed by atoms with E-state index in [0.717, 1.165) is 34.1 Å². The van der Waals surface area contributed by atoms with E-state index in [0.29, 0.717) is 50.0 Å². The maximum absolute atomic E-state index is 12.4. The van der Waals surface area contributed by atoms with E-state index in [1.165, 1.54) is 0 Å². The number of sulfonamides is 1. The summed E-state index contributed by atoms with van der Waals surface area (Å²) in [5.74, 6) is -0.268. The first-order chi connectivity index (χ1) is 18.1. The Labute approximate surface area is 226 Å². The molecule has 11 heteroatoms. The molecule has 4 rings (SSSR count). The zero-order chi connectivity index (χ0) is 27.4. The molecule has 2 unspecified atom stereocenters. The molecule has 1 saturated heterocycles. The molecule has 2 atom stereocenters. The highest BCUT2D eigenvalue weighted by molar-refractivity contribution is 7.89. The number of carbonyl (C=O) groups is 1. The Balaban J connectivity index is 1.64. The molecule has 0 radical (unpaired) electrons. The van der Waals surface area contributed by atoms with Gasteiger partial charge >= 0.3 is 0 Å². The number of fused-ring (bicyclic) bond motifs is 1. The van der Waals surface area contributed by atoms with Crippen molar-refractivity contribution in [2.75, 3.05) is 18.8 Å². The minimum Gasteiger partial charge on any atom is -0.366 e. The fourth-order valence-corrected chi connectivity index (χ4v) is 7.00. The van der Waals surface area contributed by atoms with Crippen LogP contribution >= 0.6 is 0 Å². The third kappa shape index (κ3) is 6.18. The van der Waals surface area contributed by atoms with Gasteiger partial charge in [-0.25, -0.2) is 16.9 Å². The minimum absolute atomic E-state index is 0.0990. The molecule has 0 aliphatic carbocycles. The Bertz CT molecular complexity index is 1430. The van der Waals surface area contributed by atoms with Crippen molar-refractivity contribution in [3.05, 3.63) is 59.3 Å². The van der Waals surface area contributed by atoms with Gasteiger partial charge in [0.05, 0.1) is 16.8 Å². The number of H-pyrrole nitrogens is 1. The summed E-state index contributed by atoms with van der Waals surface area (Å²) in [6, 6.07) is 11.7. The van der Waals surface area contributed by atoms with Crippen LogP contribution in [-0.2, 0) is 27.6 Å². The number of primary amides is 1. The van der Waals surface area contributed by atoms with Crippen molar-refractivity contribution in [1.82, 2.24) is 14.6 Å². The number of rotatable bonds is 11. The van der Waals surface area contributed by atoms with Crippen molar-refractivity contribution in [2.24, 2.45) is 5.73 Å². The SMILES string of the molecule is CCCC(NCc1cccc(-c2cc(C(N)=O)c3[nH]cc(C4CCN(S(=O)(=O)CC)CC4)c3c2)c1)S(=O)O. The largest absolute Gasteiger partial charge is 0.366 e. The number of hydrogen-bond donors (Lipinski definition) is 4. The zero-order valence-electron chi connectivity index (χ0n) is 21.8. The summed E-state index contributed by atoms with van der Waals surface area (Å²) in [6.45, 7) is 5.02. The van der Waals surface area contributed by atoms with E-state index in [1.807, 2.05) is 37.4 Å². The maximum atomic E-state index is 12.4. The summed E-state index contributed by atoms with van der Waals surface area (Å²) in [4.78, 5) is 15.6. The van der Waals surface area contributed by atoms with Gasteiger partial charge in [0, 0.05) is 31.2 Å². The number of hydrogen-bond acceptors (Lipinski definition) is 5. The summed E-state index contributed by atoms with van der Waals surface area (Å²) in [5.41, 5.74) is 10.6. The van der Waals surface area contributed by atoms with Gasteiger partial charge in [-0.15, -0.1) is 0 Å². The van der Waals surface area contributed by atoms with Crippen LogP contribution < -0.4 is 11.1 Å². The van der Waals surface area contributed by atoms with Crippen LogP contribution in [0.1, 0.15) is 66.9 Å². The van der Waals surface area contributed by atoms with Crippen molar-refractivity contribution >= 4 is 37.9 Å². The highest BCUT2D eigenvalue weighted by Gasteiger charge is 2.29. The van der Waals surface area contributed by atoms with Crippen LogP contribution in [0, 0.1) is 0 Å². The van der Waals surface area contributed by atoms with Crippen molar-refractivity contribution in [3.8, 4) is 11.1 Å².